The van der Waals surface area contributed by atoms with Crippen molar-refractivity contribution in [3.63, 3.8) is 0 Å². The molecule has 0 heterocycles. The average Bonchev–Trinajstić information content (AvgIpc) is 2.53. The fourth-order valence-corrected chi connectivity index (χ4v) is 2.51. The highest BCUT2D eigenvalue weighted by Gasteiger charge is 2.08. The second kappa shape index (κ2) is 8.06. The Morgan fingerprint density at radius 1 is 1.00 bits per heavy atom. The first-order chi connectivity index (χ1) is 10.2. The van der Waals surface area contributed by atoms with Gasteiger partial charge < -0.3 is 10.1 Å². The van der Waals surface area contributed by atoms with Crippen LogP contribution in [0, 0.1) is 0 Å². The molecule has 0 radical (unpaired) electrons. The number of hydrogen-bond donors (Lipinski definition) is 1. The quantitative estimate of drug-likeness (QED) is 0.831. The standard InChI is InChI=1S/C18H22ClNO/c1-20-17(13-15-3-8-16(19)9-4-15)10-5-14-6-11-18(21-2)12-7-14/h3-4,6-9,11-12,17,20H,5,10,13H2,1-2H3. The first-order valence-corrected chi connectivity index (χ1v) is 7.63. The molecule has 3 heteroatoms. The maximum absolute atomic E-state index is 5.92. The summed E-state index contributed by atoms with van der Waals surface area (Å²) in [6.07, 6.45) is 3.18. The number of ether oxygens (including phenoxy) is 1. The molecule has 2 nitrogen and oxygen atoms in total. The van der Waals surface area contributed by atoms with Gasteiger partial charge in [-0.05, 0) is 61.7 Å². The zero-order chi connectivity index (χ0) is 15.1. The number of likely N-dealkylation sites (N-methyl/N-ethyl adjacent to an activating group) is 1. The zero-order valence-corrected chi connectivity index (χ0v) is 13.4. The summed E-state index contributed by atoms with van der Waals surface area (Å²) in [6, 6.07) is 16.9. The summed E-state index contributed by atoms with van der Waals surface area (Å²) >= 11 is 5.92. The summed E-state index contributed by atoms with van der Waals surface area (Å²) in [5, 5.41) is 4.19. The molecule has 2 rings (SSSR count). The summed E-state index contributed by atoms with van der Waals surface area (Å²) in [5.74, 6) is 0.907. The third-order valence-electron chi connectivity index (χ3n) is 3.74. The third-order valence-corrected chi connectivity index (χ3v) is 4.00. The number of nitrogens with one attached hydrogen (secondary N) is 1. The lowest BCUT2D eigenvalue weighted by molar-refractivity contribution is 0.414. The zero-order valence-electron chi connectivity index (χ0n) is 12.6. The van der Waals surface area contributed by atoms with Crippen LogP contribution in [-0.2, 0) is 12.8 Å². The molecule has 0 aliphatic carbocycles. The van der Waals surface area contributed by atoms with Crippen molar-refractivity contribution in [3.05, 3.63) is 64.7 Å². The lowest BCUT2D eigenvalue weighted by Gasteiger charge is -2.16. The van der Waals surface area contributed by atoms with Gasteiger partial charge in [0.2, 0.25) is 0 Å². The monoisotopic (exact) mass is 303 g/mol. The minimum Gasteiger partial charge on any atom is -0.497 e. The number of methoxy groups -OCH3 is 1. The molecule has 0 fully saturated rings. The molecule has 1 N–H and O–H groups in total. The van der Waals surface area contributed by atoms with Gasteiger partial charge in [0.1, 0.15) is 5.75 Å². The van der Waals surface area contributed by atoms with Crippen molar-refractivity contribution in [2.45, 2.75) is 25.3 Å². The first kappa shape index (κ1) is 15.9. The summed E-state index contributed by atoms with van der Waals surface area (Å²) in [7, 11) is 3.72. The fraction of sp³-hybridized carbons (Fsp3) is 0.333. The number of halogens is 1. The van der Waals surface area contributed by atoms with Crippen LogP contribution in [0.25, 0.3) is 0 Å². The molecule has 1 unspecified atom stereocenters. The second-order valence-electron chi connectivity index (χ2n) is 5.20. The number of rotatable bonds is 7. The van der Waals surface area contributed by atoms with Gasteiger partial charge >= 0.3 is 0 Å². The van der Waals surface area contributed by atoms with Gasteiger partial charge in [0.05, 0.1) is 7.11 Å². The van der Waals surface area contributed by atoms with Crippen LogP contribution in [0.4, 0.5) is 0 Å². The topological polar surface area (TPSA) is 21.3 Å². The van der Waals surface area contributed by atoms with Crippen molar-refractivity contribution in [1.82, 2.24) is 5.32 Å². The molecular formula is C18H22ClNO. The van der Waals surface area contributed by atoms with Gasteiger partial charge in [0, 0.05) is 11.1 Å². The summed E-state index contributed by atoms with van der Waals surface area (Å²) in [6.45, 7) is 0. The largest absolute Gasteiger partial charge is 0.497 e. The lowest BCUT2D eigenvalue weighted by Crippen LogP contribution is -2.28. The van der Waals surface area contributed by atoms with Crippen LogP contribution in [0.5, 0.6) is 5.75 Å². The smallest absolute Gasteiger partial charge is 0.118 e. The SMILES string of the molecule is CNC(CCc1ccc(OC)cc1)Cc1ccc(Cl)cc1. The maximum Gasteiger partial charge on any atom is 0.118 e. The van der Waals surface area contributed by atoms with Crippen molar-refractivity contribution < 1.29 is 4.74 Å². The average molecular weight is 304 g/mol. The molecule has 0 saturated heterocycles. The highest BCUT2D eigenvalue weighted by atomic mass is 35.5. The summed E-state index contributed by atoms with van der Waals surface area (Å²) in [5.41, 5.74) is 2.65. The maximum atomic E-state index is 5.92. The second-order valence-corrected chi connectivity index (χ2v) is 5.64. The Bertz CT molecular complexity index is 536. The highest BCUT2D eigenvalue weighted by Crippen LogP contribution is 2.15. The molecule has 0 aliphatic heterocycles. The Labute approximate surface area is 132 Å². The van der Waals surface area contributed by atoms with Gasteiger partial charge in [-0.1, -0.05) is 35.9 Å². The van der Waals surface area contributed by atoms with Crippen LogP contribution >= 0.6 is 11.6 Å². The van der Waals surface area contributed by atoms with E-state index in [1.165, 1.54) is 11.1 Å². The van der Waals surface area contributed by atoms with Gasteiger partial charge in [-0.3, -0.25) is 0 Å². The van der Waals surface area contributed by atoms with Crippen LogP contribution in [0.2, 0.25) is 5.02 Å². The number of hydrogen-bond acceptors (Lipinski definition) is 2. The highest BCUT2D eigenvalue weighted by molar-refractivity contribution is 6.30. The van der Waals surface area contributed by atoms with Crippen molar-refractivity contribution in [2.75, 3.05) is 14.2 Å². The Hall–Kier alpha value is -1.51. The van der Waals surface area contributed by atoms with Crippen molar-refractivity contribution >= 4 is 11.6 Å². The molecule has 0 aromatic heterocycles. The van der Waals surface area contributed by atoms with Gasteiger partial charge in [-0.15, -0.1) is 0 Å². The number of aryl methyl sites for hydroxylation is 1. The minimum absolute atomic E-state index is 0.466. The van der Waals surface area contributed by atoms with E-state index in [4.69, 9.17) is 16.3 Å². The minimum atomic E-state index is 0.466. The number of benzene rings is 2. The van der Waals surface area contributed by atoms with E-state index < -0.39 is 0 Å². The van der Waals surface area contributed by atoms with Gasteiger partial charge in [0.15, 0.2) is 0 Å². The van der Waals surface area contributed by atoms with E-state index in [9.17, 15) is 0 Å². The van der Waals surface area contributed by atoms with Crippen LogP contribution in [0.15, 0.2) is 48.5 Å². The molecule has 21 heavy (non-hydrogen) atoms. The van der Waals surface area contributed by atoms with E-state index in [0.717, 1.165) is 30.0 Å². The Kier molecular flexibility index (Phi) is 6.09. The van der Waals surface area contributed by atoms with Crippen LogP contribution in [0.3, 0.4) is 0 Å². The molecule has 112 valence electrons. The third kappa shape index (κ3) is 5.07. The first-order valence-electron chi connectivity index (χ1n) is 7.26. The molecule has 0 bridgehead atoms. The van der Waals surface area contributed by atoms with Gasteiger partial charge in [0.25, 0.3) is 0 Å². The van der Waals surface area contributed by atoms with E-state index in [1.807, 2.05) is 31.3 Å². The normalized spacial score (nSPS) is 12.1. The van der Waals surface area contributed by atoms with Crippen molar-refractivity contribution in [1.29, 1.82) is 0 Å². The Balaban J connectivity index is 1.88. The molecule has 0 aliphatic rings. The Morgan fingerprint density at radius 3 is 2.19 bits per heavy atom. The molecule has 2 aromatic carbocycles. The van der Waals surface area contributed by atoms with Gasteiger partial charge in [-0.2, -0.15) is 0 Å². The molecular weight excluding hydrogens is 282 g/mol. The summed E-state index contributed by atoms with van der Waals surface area (Å²) in [4.78, 5) is 0. The lowest BCUT2D eigenvalue weighted by atomic mass is 9.99. The molecule has 0 spiro atoms. The van der Waals surface area contributed by atoms with E-state index in [-0.39, 0.29) is 0 Å². The summed E-state index contributed by atoms with van der Waals surface area (Å²) < 4.78 is 5.18. The van der Waals surface area contributed by atoms with Gasteiger partial charge in [-0.25, -0.2) is 0 Å². The molecule has 0 amide bonds. The Morgan fingerprint density at radius 2 is 1.62 bits per heavy atom. The molecule has 0 saturated carbocycles. The van der Waals surface area contributed by atoms with E-state index in [2.05, 4.69) is 29.6 Å². The predicted octanol–water partition coefficient (Wildman–Crippen LogP) is 4.11. The van der Waals surface area contributed by atoms with Crippen LogP contribution < -0.4 is 10.1 Å². The predicted molar refractivity (Wildman–Crippen MR) is 89.3 cm³/mol. The molecule has 1 atom stereocenters. The van der Waals surface area contributed by atoms with Crippen LogP contribution in [0.1, 0.15) is 17.5 Å². The van der Waals surface area contributed by atoms with E-state index in [0.29, 0.717) is 6.04 Å². The van der Waals surface area contributed by atoms with Crippen molar-refractivity contribution in [3.8, 4) is 5.75 Å². The van der Waals surface area contributed by atoms with E-state index in [1.54, 1.807) is 7.11 Å². The van der Waals surface area contributed by atoms with Crippen LogP contribution in [-0.4, -0.2) is 20.2 Å². The van der Waals surface area contributed by atoms with E-state index >= 15 is 0 Å². The van der Waals surface area contributed by atoms with Crippen molar-refractivity contribution in [2.24, 2.45) is 0 Å². The fourth-order valence-electron chi connectivity index (χ4n) is 2.39. The molecule has 2 aromatic rings.